The van der Waals surface area contributed by atoms with E-state index in [1.54, 1.807) is 22.5 Å². The largest absolute Gasteiger partial charge is 0.316 e. The van der Waals surface area contributed by atoms with Crippen LogP contribution in [0.4, 0.5) is 0 Å². The number of fused-ring (bicyclic) bond motifs is 1. The average Bonchev–Trinajstić information content (AvgIpc) is 3.02. The van der Waals surface area contributed by atoms with Crippen molar-refractivity contribution >= 4 is 10.0 Å². The van der Waals surface area contributed by atoms with E-state index in [4.69, 9.17) is 5.26 Å². The number of hydrogen-bond acceptors (Lipinski definition) is 4. The Hall–Kier alpha value is -1.42. The number of benzene rings is 1. The predicted molar refractivity (Wildman–Crippen MR) is 74.4 cm³/mol. The molecule has 3 rings (SSSR count). The van der Waals surface area contributed by atoms with Crippen LogP contribution in [0.5, 0.6) is 0 Å². The van der Waals surface area contributed by atoms with Gasteiger partial charge in [0.25, 0.3) is 0 Å². The molecule has 2 heterocycles. The normalized spacial score (nSPS) is 30.1. The molecule has 106 valence electrons. The molecule has 3 atom stereocenters. The Morgan fingerprint density at radius 1 is 1.35 bits per heavy atom. The Labute approximate surface area is 119 Å². The van der Waals surface area contributed by atoms with Gasteiger partial charge in [0.05, 0.1) is 10.5 Å². The van der Waals surface area contributed by atoms with Gasteiger partial charge in [-0.05, 0) is 44.0 Å². The molecule has 1 aromatic carbocycles. The fourth-order valence-corrected chi connectivity index (χ4v) is 5.23. The van der Waals surface area contributed by atoms with E-state index in [1.807, 2.05) is 13.0 Å². The Morgan fingerprint density at radius 3 is 2.80 bits per heavy atom. The second kappa shape index (κ2) is 4.85. The molecule has 0 amide bonds. The number of nitrogens with zero attached hydrogens (tertiary/aromatic N) is 2. The Kier molecular flexibility index (Phi) is 3.28. The molecule has 2 aliphatic rings. The highest BCUT2D eigenvalue weighted by molar-refractivity contribution is 7.89. The Morgan fingerprint density at radius 2 is 2.10 bits per heavy atom. The van der Waals surface area contributed by atoms with Gasteiger partial charge in [-0.25, -0.2) is 8.42 Å². The van der Waals surface area contributed by atoms with Crippen molar-refractivity contribution in [1.82, 2.24) is 9.62 Å². The molecule has 3 unspecified atom stereocenters. The van der Waals surface area contributed by atoms with Gasteiger partial charge in [0.2, 0.25) is 10.0 Å². The molecule has 1 N–H and O–H groups in total. The van der Waals surface area contributed by atoms with Crippen LogP contribution in [-0.4, -0.2) is 38.4 Å². The Balaban J connectivity index is 1.99. The molecular formula is C14H17N3O2S. The summed E-state index contributed by atoms with van der Waals surface area (Å²) in [5.74, 6) is 0.757. The van der Waals surface area contributed by atoms with Crippen LogP contribution in [0.2, 0.25) is 0 Å². The first-order valence-electron chi connectivity index (χ1n) is 6.77. The zero-order valence-corrected chi connectivity index (χ0v) is 12.1. The molecule has 2 saturated heterocycles. The first kappa shape index (κ1) is 13.6. The molecule has 2 fully saturated rings. The standard InChI is InChI=1S/C14H17N3O2S/c1-10-13-8-16-7-12(13)9-17(10)20(18,19)14-5-3-2-4-11(14)6-15/h2-5,10,12-13,16H,7-9H2,1H3. The molecule has 5 nitrogen and oxygen atoms in total. The fraction of sp³-hybridized carbons (Fsp3) is 0.500. The van der Waals surface area contributed by atoms with Crippen LogP contribution < -0.4 is 5.32 Å². The molecule has 0 aliphatic carbocycles. The van der Waals surface area contributed by atoms with Crippen molar-refractivity contribution in [2.45, 2.75) is 17.9 Å². The van der Waals surface area contributed by atoms with Crippen molar-refractivity contribution in [3.63, 3.8) is 0 Å². The molecule has 2 aliphatic heterocycles. The fourth-order valence-electron chi connectivity index (χ4n) is 3.36. The summed E-state index contributed by atoms with van der Waals surface area (Å²) in [5, 5.41) is 12.4. The lowest BCUT2D eigenvalue weighted by molar-refractivity contribution is 0.360. The van der Waals surface area contributed by atoms with E-state index >= 15 is 0 Å². The molecule has 20 heavy (non-hydrogen) atoms. The number of sulfonamides is 1. The van der Waals surface area contributed by atoms with Crippen LogP contribution in [0.15, 0.2) is 29.2 Å². The van der Waals surface area contributed by atoms with E-state index in [0.29, 0.717) is 18.4 Å². The third kappa shape index (κ3) is 1.94. The topological polar surface area (TPSA) is 73.2 Å². The SMILES string of the molecule is CC1C2CNCC2CN1S(=O)(=O)c1ccccc1C#N. The minimum Gasteiger partial charge on any atom is -0.316 e. The maximum absolute atomic E-state index is 12.8. The van der Waals surface area contributed by atoms with Crippen molar-refractivity contribution in [2.24, 2.45) is 11.8 Å². The van der Waals surface area contributed by atoms with E-state index in [9.17, 15) is 8.42 Å². The summed E-state index contributed by atoms with van der Waals surface area (Å²) >= 11 is 0. The van der Waals surface area contributed by atoms with Crippen LogP contribution in [0, 0.1) is 23.2 Å². The van der Waals surface area contributed by atoms with Crippen molar-refractivity contribution in [3.05, 3.63) is 29.8 Å². The zero-order chi connectivity index (χ0) is 14.3. The van der Waals surface area contributed by atoms with Crippen LogP contribution in [-0.2, 0) is 10.0 Å². The summed E-state index contributed by atoms with van der Waals surface area (Å²) < 4.78 is 27.2. The van der Waals surface area contributed by atoms with Crippen LogP contribution in [0.1, 0.15) is 12.5 Å². The van der Waals surface area contributed by atoms with Crippen LogP contribution in [0.3, 0.4) is 0 Å². The molecule has 0 aromatic heterocycles. The van der Waals surface area contributed by atoms with Crippen molar-refractivity contribution in [3.8, 4) is 6.07 Å². The van der Waals surface area contributed by atoms with E-state index in [-0.39, 0.29) is 16.5 Å². The maximum Gasteiger partial charge on any atom is 0.244 e. The molecule has 0 radical (unpaired) electrons. The zero-order valence-electron chi connectivity index (χ0n) is 11.3. The third-order valence-electron chi connectivity index (χ3n) is 4.47. The summed E-state index contributed by atoms with van der Waals surface area (Å²) in [7, 11) is -3.59. The van der Waals surface area contributed by atoms with Gasteiger partial charge < -0.3 is 5.32 Å². The minimum atomic E-state index is -3.59. The third-order valence-corrected chi connectivity index (χ3v) is 6.49. The molecule has 6 heteroatoms. The monoisotopic (exact) mass is 291 g/mol. The van der Waals surface area contributed by atoms with Gasteiger partial charge in [-0.3, -0.25) is 0 Å². The van der Waals surface area contributed by atoms with Gasteiger partial charge in [-0.15, -0.1) is 0 Å². The highest BCUT2D eigenvalue weighted by Crippen LogP contribution is 2.36. The number of nitrogens with one attached hydrogen (secondary N) is 1. The minimum absolute atomic E-state index is 0.0215. The van der Waals surface area contributed by atoms with Crippen molar-refractivity contribution in [1.29, 1.82) is 5.26 Å². The van der Waals surface area contributed by atoms with Gasteiger partial charge in [-0.1, -0.05) is 12.1 Å². The summed E-state index contributed by atoms with van der Waals surface area (Å²) in [4.78, 5) is 0.127. The lowest BCUT2D eigenvalue weighted by Crippen LogP contribution is -2.38. The van der Waals surface area contributed by atoms with Crippen molar-refractivity contribution < 1.29 is 8.42 Å². The van der Waals surface area contributed by atoms with E-state index in [1.165, 1.54) is 6.07 Å². The second-order valence-electron chi connectivity index (χ2n) is 5.51. The summed E-state index contributed by atoms with van der Waals surface area (Å²) in [5.41, 5.74) is 0.217. The lowest BCUT2D eigenvalue weighted by Gasteiger charge is -2.24. The van der Waals surface area contributed by atoms with Crippen molar-refractivity contribution in [2.75, 3.05) is 19.6 Å². The van der Waals surface area contributed by atoms with Gasteiger partial charge in [-0.2, -0.15) is 9.57 Å². The number of rotatable bonds is 2. The van der Waals surface area contributed by atoms with Gasteiger partial charge in [0.1, 0.15) is 6.07 Å². The average molecular weight is 291 g/mol. The highest BCUT2D eigenvalue weighted by atomic mass is 32.2. The first-order valence-corrected chi connectivity index (χ1v) is 8.21. The number of hydrogen-bond donors (Lipinski definition) is 1. The number of nitriles is 1. The van der Waals surface area contributed by atoms with E-state index in [0.717, 1.165) is 13.1 Å². The molecule has 0 bridgehead atoms. The van der Waals surface area contributed by atoms with Gasteiger partial charge in [0.15, 0.2) is 0 Å². The summed E-state index contributed by atoms with van der Waals surface area (Å²) in [6.45, 7) is 4.25. The Bertz CT molecular complexity index is 665. The van der Waals surface area contributed by atoms with Crippen LogP contribution >= 0.6 is 0 Å². The predicted octanol–water partition coefficient (Wildman–Crippen LogP) is 0.787. The lowest BCUT2D eigenvalue weighted by atomic mass is 9.95. The molecule has 0 saturated carbocycles. The van der Waals surface area contributed by atoms with Gasteiger partial charge >= 0.3 is 0 Å². The van der Waals surface area contributed by atoms with Crippen LogP contribution in [0.25, 0.3) is 0 Å². The second-order valence-corrected chi connectivity index (χ2v) is 7.36. The smallest absolute Gasteiger partial charge is 0.244 e. The maximum atomic E-state index is 12.8. The highest BCUT2D eigenvalue weighted by Gasteiger charge is 2.47. The first-order chi connectivity index (χ1) is 9.55. The quantitative estimate of drug-likeness (QED) is 0.874. The summed E-state index contributed by atoms with van der Waals surface area (Å²) in [6, 6.07) is 8.37. The van der Waals surface area contributed by atoms with E-state index in [2.05, 4.69) is 5.32 Å². The van der Waals surface area contributed by atoms with Gasteiger partial charge in [0, 0.05) is 12.6 Å². The molecule has 0 spiro atoms. The molecular weight excluding hydrogens is 274 g/mol. The summed E-state index contributed by atoms with van der Waals surface area (Å²) in [6.07, 6.45) is 0. The van der Waals surface area contributed by atoms with E-state index < -0.39 is 10.0 Å². The molecule has 1 aromatic rings.